The molecule has 0 aliphatic carbocycles. The molecular weight excluding hydrogens is 212 g/mol. The number of rotatable bonds is 6. The molecule has 0 unspecified atom stereocenters. The van der Waals surface area contributed by atoms with Crippen molar-refractivity contribution in [1.29, 1.82) is 0 Å². The Hall–Kier alpha value is -0.510. The van der Waals surface area contributed by atoms with E-state index in [1.54, 1.807) is 20.8 Å². The Kier molecular flexibility index (Phi) is 5.95. The predicted molar refractivity (Wildman–Crippen MR) is 64.1 cm³/mol. The van der Waals surface area contributed by atoms with Gasteiger partial charge in [0.15, 0.2) is 11.5 Å². The van der Waals surface area contributed by atoms with E-state index in [0.717, 1.165) is 0 Å². The van der Waals surface area contributed by atoms with Gasteiger partial charge in [0.25, 0.3) is 0 Å². The van der Waals surface area contributed by atoms with E-state index in [1.165, 1.54) is 0 Å². The summed E-state index contributed by atoms with van der Waals surface area (Å²) in [6.45, 7) is 5.75. The summed E-state index contributed by atoms with van der Waals surface area (Å²) in [7, 11) is 0.0876. The summed E-state index contributed by atoms with van der Waals surface area (Å²) in [5.74, 6) is 0.402. The molecular formula is C11H21O3S+. The highest BCUT2D eigenvalue weighted by atomic mass is 32.2. The van der Waals surface area contributed by atoms with Crippen molar-refractivity contribution >= 4 is 22.6 Å². The highest BCUT2D eigenvalue weighted by Crippen LogP contribution is 2.23. The Labute approximate surface area is 94.9 Å². The Balaban J connectivity index is 4.27. The van der Waals surface area contributed by atoms with E-state index in [-0.39, 0.29) is 29.1 Å². The molecule has 0 aromatic carbocycles. The van der Waals surface area contributed by atoms with Gasteiger partial charge >= 0.3 is 5.97 Å². The standard InChI is InChI=1S/C11H21O3S/c1-6-14-10(13)7-11(2,3)9(12)8-15(4)5/h6-8H2,1-5H3/q+1. The maximum atomic E-state index is 11.8. The zero-order valence-corrected chi connectivity index (χ0v) is 11.1. The second-order valence-corrected chi connectivity index (χ2v) is 6.68. The summed E-state index contributed by atoms with van der Waals surface area (Å²) >= 11 is 0. The average molecular weight is 233 g/mol. The van der Waals surface area contributed by atoms with Gasteiger partial charge in [-0.3, -0.25) is 9.59 Å². The number of ether oxygens (including phenoxy) is 1. The Morgan fingerprint density at radius 1 is 1.27 bits per heavy atom. The average Bonchev–Trinajstić information content (AvgIpc) is 2.01. The number of hydrogen-bond donors (Lipinski definition) is 0. The van der Waals surface area contributed by atoms with Crippen molar-refractivity contribution in [2.75, 3.05) is 24.9 Å². The molecule has 0 radical (unpaired) electrons. The van der Waals surface area contributed by atoms with Gasteiger partial charge in [-0.15, -0.1) is 0 Å². The van der Waals surface area contributed by atoms with Crippen molar-refractivity contribution in [3.63, 3.8) is 0 Å². The van der Waals surface area contributed by atoms with Crippen LogP contribution in [0.15, 0.2) is 0 Å². The van der Waals surface area contributed by atoms with Crippen LogP contribution in [0.25, 0.3) is 0 Å². The maximum Gasteiger partial charge on any atom is 0.306 e. The molecule has 4 heteroatoms. The van der Waals surface area contributed by atoms with Gasteiger partial charge in [-0.1, -0.05) is 13.8 Å². The Morgan fingerprint density at radius 3 is 2.20 bits per heavy atom. The van der Waals surface area contributed by atoms with Crippen LogP contribution in [0.3, 0.4) is 0 Å². The molecule has 0 aromatic heterocycles. The van der Waals surface area contributed by atoms with Gasteiger partial charge in [0.1, 0.15) is 0 Å². The van der Waals surface area contributed by atoms with Crippen LogP contribution < -0.4 is 0 Å². The van der Waals surface area contributed by atoms with Crippen LogP contribution >= 0.6 is 0 Å². The summed E-state index contributed by atoms with van der Waals surface area (Å²) in [6.07, 6.45) is 4.23. The lowest BCUT2D eigenvalue weighted by Gasteiger charge is -2.20. The fourth-order valence-electron chi connectivity index (χ4n) is 1.13. The van der Waals surface area contributed by atoms with E-state index in [9.17, 15) is 9.59 Å². The van der Waals surface area contributed by atoms with E-state index in [0.29, 0.717) is 12.4 Å². The van der Waals surface area contributed by atoms with Gasteiger partial charge < -0.3 is 4.74 Å². The molecule has 3 nitrogen and oxygen atoms in total. The first-order chi connectivity index (χ1) is 6.79. The first kappa shape index (κ1) is 14.5. The van der Waals surface area contributed by atoms with Gasteiger partial charge in [0, 0.05) is 5.41 Å². The zero-order valence-electron chi connectivity index (χ0n) is 10.3. The van der Waals surface area contributed by atoms with Crippen molar-refractivity contribution in [2.24, 2.45) is 5.41 Å². The summed E-state index contributed by atoms with van der Waals surface area (Å²) in [5, 5.41) is 0. The minimum atomic E-state index is -0.594. The number of ketones is 1. The molecule has 0 spiro atoms. The summed E-state index contributed by atoms with van der Waals surface area (Å²) in [4.78, 5) is 23.1. The SMILES string of the molecule is CCOC(=O)CC(C)(C)C(=O)C[S+](C)C. The molecule has 0 aliphatic heterocycles. The molecule has 0 N–H and O–H groups in total. The zero-order chi connectivity index (χ0) is 12.1. The molecule has 15 heavy (non-hydrogen) atoms. The monoisotopic (exact) mass is 233 g/mol. The van der Waals surface area contributed by atoms with E-state index in [1.807, 2.05) is 12.5 Å². The summed E-state index contributed by atoms with van der Waals surface area (Å²) in [5.41, 5.74) is -0.594. The number of Topliss-reactive ketones (excluding diaryl/α,β-unsaturated/α-hetero) is 1. The lowest BCUT2D eigenvalue weighted by Crippen LogP contribution is -2.32. The third kappa shape index (κ3) is 5.82. The molecule has 0 atom stereocenters. The topological polar surface area (TPSA) is 43.4 Å². The predicted octanol–water partition coefficient (Wildman–Crippen LogP) is 1.41. The fourth-order valence-corrected chi connectivity index (χ4v) is 2.04. The molecule has 0 bridgehead atoms. The van der Waals surface area contributed by atoms with Gasteiger partial charge in [0.2, 0.25) is 0 Å². The third-order valence-corrected chi connectivity index (χ3v) is 2.91. The Morgan fingerprint density at radius 2 is 1.80 bits per heavy atom. The normalized spacial score (nSPS) is 11.6. The van der Waals surface area contributed by atoms with Crippen LogP contribution in [0.5, 0.6) is 0 Å². The maximum absolute atomic E-state index is 11.8. The van der Waals surface area contributed by atoms with Crippen LogP contribution in [0, 0.1) is 5.41 Å². The van der Waals surface area contributed by atoms with Gasteiger partial charge in [-0.05, 0) is 17.8 Å². The first-order valence-electron chi connectivity index (χ1n) is 5.02. The lowest BCUT2D eigenvalue weighted by atomic mass is 9.85. The number of carbonyl (C=O) groups excluding carboxylic acids is 2. The molecule has 0 amide bonds. The molecule has 0 fully saturated rings. The fraction of sp³-hybridized carbons (Fsp3) is 0.818. The van der Waals surface area contributed by atoms with Crippen LogP contribution in [-0.2, 0) is 25.2 Å². The number of esters is 1. The highest BCUT2D eigenvalue weighted by molar-refractivity contribution is 7.96. The second-order valence-electron chi connectivity index (χ2n) is 4.42. The van der Waals surface area contributed by atoms with E-state index in [2.05, 4.69) is 0 Å². The second kappa shape index (κ2) is 6.16. The van der Waals surface area contributed by atoms with Crippen LogP contribution in [0.2, 0.25) is 0 Å². The van der Waals surface area contributed by atoms with Crippen LogP contribution in [-0.4, -0.2) is 36.6 Å². The first-order valence-corrected chi connectivity index (χ1v) is 7.23. The van der Waals surface area contributed by atoms with Crippen molar-refractivity contribution in [1.82, 2.24) is 0 Å². The van der Waals surface area contributed by atoms with Crippen LogP contribution in [0.1, 0.15) is 27.2 Å². The Bertz CT molecular complexity index is 234. The van der Waals surface area contributed by atoms with Gasteiger partial charge in [-0.2, -0.15) is 0 Å². The smallest absolute Gasteiger partial charge is 0.306 e. The van der Waals surface area contributed by atoms with Crippen LogP contribution in [0.4, 0.5) is 0 Å². The van der Waals surface area contributed by atoms with Crippen molar-refractivity contribution in [3.8, 4) is 0 Å². The minimum Gasteiger partial charge on any atom is -0.466 e. The largest absolute Gasteiger partial charge is 0.466 e. The lowest BCUT2D eigenvalue weighted by molar-refractivity contribution is -0.148. The third-order valence-electron chi connectivity index (χ3n) is 2.07. The van der Waals surface area contributed by atoms with Crippen molar-refractivity contribution in [2.45, 2.75) is 27.2 Å². The van der Waals surface area contributed by atoms with E-state index in [4.69, 9.17) is 4.74 Å². The summed E-state index contributed by atoms with van der Waals surface area (Å²) in [6, 6.07) is 0. The summed E-state index contributed by atoms with van der Waals surface area (Å²) < 4.78 is 4.84. The van der Waals surface area contributed by atoms with Gasteiger partial charge in [-0.25, -0.2) is 0 Å². The van der Waals surface area contributed by atoms with E-state index >= 15 is 0 Å². The molecule has 0 saturated carbocycles. The molecule has 0 aromatic rings. The highest BCUT2D eigenvalue weighted by Gasteiger charge is 2.33. The molecule has 0 rings (SSSR count). The van der Waals surface area contributed by atoms with Gasteiger partial charge in [0.05, 0.1) is 25.5 Å². The molecule has 0 heterocycles. The van der Waals surface area contributed by atoms with Crippen molar-refractivity contribution < 1.29 is 14.3 Å². The molecule has 88 valence electrons. The minimum absolute atomic E-state index is 0.0876. The number of hydrogen-bond acceptors (Lipinski definition) is 3. The molecule has 0 saturated heterocycles. The molecule has 0 aliphatic rings. The quantitative estimate of drug-likeness (QED) is 0.514. The van der Waals surface area contributed by atoms with Crippen molar-refractivity contribution in [3.05, 3.63) is 0 Å². The number of carbonyl (C=O) groups is 2. The van der Waals surface area contributed by atoms with E-state index < -0.39 is 5.41 Å².